The van der Waals surface area contributed by atoms with Crippen molar-refractivity contribution in [2.24, 2.45) is 0 Å². The third kappa shape index (κ3) is 4.32. The summed E-state index contributed by atoms with van der Waals surface area (Å²) < 4.78 is 5.72. The first-order valence-corrected chi connectivity index (χ1v) is 10.6. The van der Waals surface area contributed by atoms with Gasteiger partial charge in [-0.1, -0.05) is 23.9 Å². The van der Waals surface area contributed by atoms with Gasteiger partial charge in [0.1, 0.15) is 23.3 Å². The number of nitrogens with zero attached hydrogens (tertiary/aromatic N) is 2. The van der Waals surface area contributed by atoms with Crippen LogP contribution in [0.4, 0.5) is 5.69 Å². The maximum atomic E-state index is 12.7. The lowest BCUT2D eigenvalue weighted by Gasteiger charge is -2.06. The van der Waals surface area contributed by atoms with E-state index in [0.29, 0.717) is 27.3 Å². The van der Waals surface area contributed by atoms with Crippen molar-refractivity contribution in [3.8, 4) is 5.75 Å². The van der Waals surface area contributed by atoms with Crippen LogP contribution in [0.5, 0.6) is 5.75 Å². The van der Waals surface area contributed by atoms with Gasteiger partial charge in [0.05, 0.1) is 14.9 Å². The van der Waals surface area contributed by atoms with Crippen molar-refractivity contribution in [3.63, 3.8) is 0 Å². The van der Waals surface area contributed by atoms with E-state index in [1.54, 1.807) is 41.9 Å². The highest BCUT2D eigenvalue weighted by Crippen LogP contribution is 2.41. The quantitative estimate of drug-likeness (QED) is 0.329. The Morgan fingerprint density at radius 3 is 2.53 bits per heavy atom. The molecule has 0 saturated carbocycles. The molecule has 3 aromatic rings. The van der Waals surface area contributed by atoms with E-state index in [-0.39, 0.29) is 11.5 Å². The third-order valence-corrected chi connectivity index (χ3v) is 6.25. The lowest BCUT2D eigenvalue weighted by Crippen LogP contribution is -2.11. The molecular formula is C21H15N3O4S2. The van der Waals surface area contributed by atoms with Crippen molar-refractivity contribution >= 4 is 45.7 Å². The number of thiazole rings is 1. The number of allylic oxidation sites excluding steroid dienone is 1. The number of ketones is 1. The molecule has 1 saturated heterocycles. The molecule has 4 rings (SSSR count). The van der Waals surface area contributed by atoms with Gasteiger partial charge in [-0.2, -0.15) is 0 Å². The second-order valence-corrected chi connectivity index (χ2v) is 8.43. The zero-order valence-electron chi connectivity index (χ0n) is 15.5. The van der Waals surface area contributed by atoms with Gasteiger partial charge in [0.2, 0.25) is 0 Å². The molecule has 1 aliphatic heterocycles. The number of aromatic nitrogens is 1. The summed E-state index contributed by atoms with van der Waals surface area (Å²) in [5.74, 6) is -0.0432. The minimum Gasteiger partial charge on any atom is -0.489 e. The SMILES string of the molecule is N=C1S/C(=C\c2ccc(OCc3ccc([N+](=O)[O-])cc3)cc2)C(=O)[C@H]1c1nccs1. The maximum Gasteiger partial charge on any atom is 0.269 e. The van der Waals surface area contributed by atoms with Crippen molar-refractivity contribution in [1.82, 2.24) is 4.98 Å². The minimum absolute atomic E-state index is 0.0423. The molecule has 2 aromatic carbocycles. The van der Waals surface area contributed by atoms with Crippen molar-refractivity contribution in [3.05, 3.63) is 91.3 Å². The average Bonchev–Trinajstić information content (AvgIpc) is 3.36. The molecule has 0 bridgehead atoms. The fraction of sp³-hybridized carbons (Fsp3) is 0.0952. The highest BCUT2D eigenvalue weighted by atomic mass is 32.2. The topological polar surface area (TPSA) is 106 Å². The van der Waals surface area contributed by atoms with E-state index in [4.69, 9.17) is 10.1 Å². The number of nitrogens with one attached hydrogen (secondary N) is 1. The Morgan fingerprint density at radius 1 is 1.17 bits per heavy atom. The monoisotopic (exact) mass is 437 g/mol. The van der Waals surface area contributed by atoms with E-state index in [2.05, 4.69) is 4.98 Å². The molecule has 9 heteroatoms. The molecule has 1 aliphatic rings. The molecule has 2 heterocycles. The van der Waals surface area contributed by atoms with Gasteiger partial charge in [-0.3, -0.25) is 20.3 Å². The van der Waals surface area contributed by atoms with Crippen molar-refractivity contribution in [1.29, 1.82) is 5.41 Å². The summed E-state index contributed by atoms with van der Waals surface area (Å²) in [6, 6.07) is 13.5. The first-order valence-electron chi connectivity index (χ1n) is 8.89. The summed E-state index contributed by atoms with van der Waals surface area (Å²) in [6.45, 7) is 0.291. The van der Waals surface area contributed by atoms with Crippen LogP contribution in [0.15, 0.2) is 65.0 Å². The van der Waals surface area contributed by atoms with Gasteiger partial charge in [0.25, 0.3) is 5.69 Å². The van der Waals surface area contributed by atoms with E-state index >= 15 is 0 Å². The van der Waals surface area contributed by atoms with Gasteiger partial charge in [0, 0.05) is 23.7 Å². The van der Waals surface area contributed by atoms with Crippen molar-refractivity contribution in [2.45, 2.75) is 12.5 Å². The van der Waals surface area contributed by atoms with Crippen LogP contribution in [0.1, 0.15) is 22.1 Å². The first kappa shape index (κ1) is 20.0. The largest absolute Gasteiger partial charge is 0.489 e. The molecule has 1 N–H and O–H groups in total. The maximum absolute atomic E-state index is 12.7. The Kier molecular flexibility index (Phi) is 5.73. The number of carbonyl (C=O) groups excluding carboxylic acids is 1. The molecule has 1 atom stereocenters. The van der Waals surface area contributed by atoms with Crippen LogP contribution in [0.25, 0.3) is 6.08 Å². The Labute approximate surface area is 180 Å². The molecule has 0 unspecified atom stereocenters. The standard InChI is InChI=1S/C21H15N3O4S2/c22-20-18(21-23-9-10-29-21)19(25)17(30-20)11-13-3-7-16(8-4-13)28-12-14-1-5-15(6-2-14)24(26)27/h1-11,18,22H,12H2/b17-11-,22-20?/t18-/m1/s1. The number of hydrogen-bond acceptors (Lipinski definition) is 8. The number of thioether (sulfide) groups is 1. The highest BCUT2D eigenvalue weighted by molar-refractivity contribution is 8.19. The Hall–Kier alpha value is -3.30. The number of rotatable bonds is 6. The van der Waals surface area contributed by atoms with Gasteiger partial charge in [-0.15, -0.1) is 11.3 Å². The van der Waals surface area contributed by atoms with Crippen molar-refractivity contribution < 1.29 is 14.5 Å². The van der Waals surface area contributed by atoms with Gasteiger partial charge in [-0.25, -0.2) is 4.98 Å². The summed E-state index contributed by atoms with van der Waals surface area (Å²) >= 11 is 2.55. The molecular weight excluding hydrogens is 422 g/mol. The summed E-state index contributed by atoms with van der Waals surface area (Å²) in [4.78, 5) is 27.6. The molecule has 0 aliphatic carbocycles. The molecule has 150 valence electrons. The highest BCUT2D eigenvalue weighted by Gasteiger charge is 2.38. The number of Topliss-reactive ketones (excluding diaryl/α,β-unsaturated/α-hetero) is 1. The van der Waals surface area contributed by atoms with E-state index < -0.39 is 10.8 Å². The molecule has 30 heavy (non-hydrogen) atoms. The number of benzene rings is 2. The van der Waals surface area contributed by atoms with Gasteiger partial charge in [0.15, 0.2) is 5.78 Å². The van der Waals surface area contributed by atoms with Crippen LogP contribution >= 0.6 is 23.1 Å². The summed E-state index contributed by atoms with van der Waals surface area (Å²) in [5.41, 5.74) is 1.70. The number of hydrogen-bond donors (Lipinski definition) is 1. The molecule has 0 spiro atoms. The number of nitro groups is 1. The van der Waals surface area contributed by atoms with Crippen LogP contribution in [0.3, 0.4) is 0 Å². The van der Waals surface area contributed by atoms with Gasteiger partial charge >= 0.3 is 0 Å². The fourth-order valence-electron chi connectivity index (χ4n) is 2.88. The number of nitro benzene ring substituents is 1. The minimum atomic E-state index is -0.592. The fourth-order valence-corrected chi connectivity index (χ4v) is 4.69. The third-order valence-electron chi connectivity index (χ3n) is 4.42. The lowest BCUT2D eigenvalue weighted by molar-refractivity contribution is -0.384. The van der Waals surface area contributed by atoms with E-state index in [1.165, 1.54) is 35.2 Å². The van der Waals surface area contributed by atoms with Crippen LogP contribution in [-0.2, 0) is 11.4 Å². The number of carbonyl (C=O) groups is 1. The number of non-ortho nitro benzene ring substituents is 1. The summed E-state index contributed by atoms with van der Waals surface area (Å²) in [5, 5.41) is 21.6. The Bertz CT molecular complexity index is 1120. The zero-order chi connectivity index (χ0) is 21.1. The van der Waals surface area contributed by atoms with E-state index in [9.17, 15) is 14.9 Å². The lowest BCUT2D eigenvalue weighted by atomic mass is 10.1. The predicted molar refractivity (Wildman–Crippen MR) is 117 cm³/mol. The average molecular weight is 438 g/mol. The normalized spacial score (nSPS) is 17.5. The first-order chi connectivity index (χ1) is 14.5. The van der Waals surface area contributed by atoms with Crippen LogP contribution in [0, 0.1) is 15.5 Å². The molecule has 0 amide bonds. The second-order valence-electron chi connectivity index (χ2n) is 6.42. The smallest absolute Gasteiger partial charge is 0.269 e. The van der Waals surface area contributed by atoms with Crippen LogP contribution in [-0.4, -0.2) is 20.7 Å². The summed E-state index contributed by atoms with van der Waals surface area (Å²) in [6.07, 6.45) is 3.41. The molecule has 1 aromatic heterocycles. The van der Waals surface area contributed by atoms with Gasteiger partial charge < -0.3 is 4.74 Å². The van der Waals surface area contributed by atoms with E-state index in [0.717, 1.165) is 11.1 Å². The number of ether oxygens (including phenoxy) is 1. The Morgan fingerprint density at radius 2 is 1.90 bits per heavy atom. The predicted octanol–water partition coefficient (Wildman–Crippen LogP) is 5.05. The van der Waals surface area contributed by atoms with Crippen molar-refractivity contribution in [2.75, 3.05) is 0 Å². The Balaban J connectivity index is 1.40. The van der Waals surface area contributed by atoms with Gasteiger partial charge in [-0.05, 0) is 41.5 Å². The van der Waals surface area contributed by atoms with E-state index in [1.807, 2.05) is 12.1 Å². The van der Waals surface area contributed by atoms with Crippen LogP contribution in [0.2, 0.25) is 0 Å². The molecule has 1 fully saturated rings. The van der Waals surface area contributed by atoms with Crippen LogP contribution < -0.4 is 4.74 Å². The zero-order valence-corrected chi connectivity index (χ0v) is 17.1. The summed E-state index contributed by atoms with van der Waals surface area (Å²) in [7, 11) is 0. The molecule has 7 nitrogen and oxygen atoms in total. The molecule has 0 radical (unpaired) electrons. The second kappa shape index (κ2) is 8.60.